The van der Waals surface area contributed by atoms with Crippen molar-refractivity contribution < 1.29 is 4.79 Å². The monoisotopic (exact) mass is 294 g/mol. The number of nitrogens with zero attached hydrogens (tertiary/aromatic N) is 1. The molecular formula is C14H15ClN2OS. The number of thioether (sulfide) groups is 1. The lowest BCUT2D eigenvalue weighted by atomic mass is 10.1. The maximum atomic E-state index is 12.1. The van der Waals surface area contributed by atoms with Gasteiger partial charge in [-0.3, -0.25) is 0 Å². The van der Waals surface area contributed by atoms with Crippen molar-refractivity contribution in [1.82, 2.24) is 10.2 Å². The summed E-state index contributed by atoms with van der Waals surface area (Å²) < 4.78 is 0. The summed E-state index contributed by atoms with van der Waals surface area (Å²) in [6, 6.07) is 7.63. The van der Waals surface area contributed by atoms with Crippen LogP contribution in [-0.2, 0) is 0 Å². The predicted molar refractivity (Wildman–Crippen MR) is 80.5 cm³/mol. The molecular weight excluding hydrogens is 280 g/mol. The molecule has 0 aliphatic carbocycles. The molecule has 1 N–H and O–H groups in total. The number of hydrogen-bond acceptors (Lipinski definition) is 2. The summed E-state index contributed by atoms with van der Waals surface area (Å²) in [6.45, 7) is 0.990. The van der Waals surface area contributed by atoms with Crippen LogP contribution in [0.3, 0.4) is 0 Å². The highest BCUT2D eigenvalue weighted by molar-refractivity contribution is 7.99. The number of terminal acetylenes is 1. The van der Waals surface area contributed by atoms with E-state index in [1.165, 1.54) is 0 Å². The lowest BCUT2D eigenvalue weighted by molar-refractivity contribution is 0.184. The molecule has 1 aliphatic heterocycles. The number of rotatable bonds is 2. The highest BCUT2D eigenvalue weighted by Gasteiger charge is 2.27. The van der Waals surface area contributed by atoms with E-state index < -0.39 is 0 Å². The number of halogens is 1. The summed E-state index contributed by atoms with van der Waals surface area (Å²) >= 11 is 7.75. The van der Waals surface area contributed by atoms with E-state index in [0.29, 0.717) is 5.02 Å². The Balaban J connectivity index is 2.14. The second-order valence-electron chi connectivity index (χ2n) is 4.20. The molecule has 0 saturated carbocycles. The first-order chi connectivity index (χ1) is 9.22. The van der Waals surface area contributed by atoms with E-state index in [9.17, 15) is 4.79 Å². The van der Waals surface area contributed by atoms with Gasteiger partial charge in [0.1, 0.15) is 0 Å². The summed E-state index contributed by atoms with van der Waals surface area (Å²) in [5, 5.41) is 3.43. The molecule has 1 aromatic rings. The van der Waals surface area contributed by atoms with Crippen LogP contribution in [0.25, 0.3) is 0 Å². The summed E-state index contributed by atoms with van der Waals surface area (Å²) in [6.07, 6.45) is 5.17. The van der Waals surface area contributed by atoms with Gasteiger partial charge in [-0.15, -0.1) is 6.42 Å². The van der Waals surface area contributed by atoms with Crippen molar-refractivity contribution in [3.8, 4) is 12.3 Å². The first kappa shape index (κ1) is 14.1. The Hall–Kier alpha value is -1.31. The molecule has 5 heteroatoms. The van der Waals surface area contributed by atoms with E-state index >= 15 is 0 Å². The van der Waals surface area contributed by atoms with Crippen LogP contribution in [0.4, 0.5) is 4.79 Å². The summed E-state index contributed by atoms with van der Waals surface area (Å²) in [5.74, 6) is 4.26. The molecule has 1 aromatic carbocycles. The van der Waals surface area contributed by atoms with Crippen LogP contribution in [0, 0.1) is 12.3 Å². The largest absolute Gasteiger partial charge is 0.327 e. The molecule has 2 rings (SSSR count). The van der Waals surface area contributed by atoms with Gasteiger partial charge in [-0.05, 0) is 17.7 Å². The van der Waals surface area contributed by atoms with Crippen LogP contribution in [0.2, 0.25) is 5.02 Å². The molecule has 0 aromatic heterocycles. The van der Waals surface area contributed by atoms with Crippen molar-refractivity contribution >= 4 is 29.4 Å². The van der Waals surface area contributed by atoms with E-state index in [4.69, 9.17) is 18.0 Å². The van der Waals surface area contributed by atoms with Gasteiger partial charge >= 0.3 is 6.03 Å². The molecule has 19 heavy (non-hydrogen) atoms. The Morgan fingerprint density at radius 3 is 2.95 bits per heavy atom. The molecule has 1 atom stereocenters. The summed E-state index contributed by atoms with van der Waals surface area (Å²) in [4.78, 5) is 13.9. The zero-order chi connectivity index (χ0) is 13.7. The fraction of sp³-hybridized carbons (Fsp3) is 0.357. The van der Waals surface area contributed by atoms with E-state index in [2.05, 4.69) is 11.2 Å². The minimum absolute atomic E-state index is 0.0776. The van der Waals surface area contributed by atoms with Gasteiger partial charge in [0, 0.05) is 23.1 Å². The Labute approximate surface area is 122 Å². The molecule has 1 heterocycles. The minimum Gasteiger partial charge on any atom is -0.327 e. The Morgan fingerprint density at radius 1 is 1.53 bits per heavy atom. The molecule has 1 saturated heterocycles. The average molecular weight is 295 g/mol. The maximum absolute atomic E-state index is 12.1. The standard InChI is InChI=1S/C14H15ClN2OS/c1-2-7-16-14(18)17-8-9-19-10-13(17)11-3-5-12(15)6-4-11/h1,3-6,13H,7-10H2,(H,16,18)/t13-/m1/s1. The van der Waals surface area contributed by atoms with Gasteiger partial charge in [-0.25, -0.2) is 4.79 Å². The number of nitrogens with one attached hydrogen (secondary N) is 1. The van der Waals surface area contributed by atoms with Crippen molar-refractivity contribution in [1.29, 1.82) is 0 Å². The molecule has 0 unspecified atom stereocenters. The van der Waals surface area contributed by atoms with Crippen LogP contribution in [0.15, 0.2) is 24.3 Å². The van der Waals surface area contributed by atoms with Crippen molar-refractivity contribution in [2.45, 2.75) is 6.04 Å². The molecule has 0 bridgehead atoms. The fourth-order valence-corrected chi connectivity index (χ4v) is 3.25. The quantitative estimate of drug-likeness (QED) is 0.851. The number of carbonyl (C=O) groups excluding carboxylic acids is 1. The number of amides is 2. The molecule has 1 fully saturated rings. The SMILES string of the molecule is C#CCNC(=O)N1CCSC[C@@H]1c1ccc(Cl)cc1. The van der Waals surface area contributed by atoms with Gasteiger partial charge in [0.05, 0.1) is 12.6 Å². The molecule has 100 valence electrons. The van der Waals surface area contributed by atoms with Gasteiger partial charge < -0.3 is 10.2 Å². The highest BCUT2D eigenvalue weighted by Crippen LogP contribution is 2.30. The predicted octanol–water partition coefficient (Wildman–Crippen LogP) is 2.77. The number of benzene rings is 1. The molecule has 3 nitrogen and oxygen atoms in total. The smallest absolute Gasteiger partial charge is 0.318 e. The Bertz CT molecular complexity index is 483. The van der Waals surface area contributed by atoms with Gasteiger partial charge in [-0.1, -0.05) is 29.7 Å². The molecule has 2 amide bonds. The third kappa shape index (κ3) is 3.59. The fourth-order valence-electron chi connectivity index (χ4n) is 2.04. The van der Waals surface area contributed by atoms with E-state index in [1.54, 1.807) is 0 Å². The molecule has 1 aliphatic rings. The summed E-state index contributed by atoms with van der Waals surface area (Å²) in [7, 11) is 0. The third-order valence-electron chi connectivity index (χ3n) is 2.99. The van der Waals surface area contributed by atoms with Crippen LogP contribution in [0.1, 0.15) is 11.6 Å². The van der Waals surface area contributed by atoms with Crippen LogP contribution < -0.4 is 5.32 Å². The Kier molecular flexibility index (Phi) is 5.00. The van der Waals surface area contributed by atoms with E-state index in [-0.39, 0.29) is 18.6 Å². The maximum Gasteiger partial charge on any atom is 0.318 e. The second-order valence-corrected chi connectivity index (χ2v) is 5.78. The number of carbonyl (C=O) groups is 1. The van der Waals surface area contributed by atoms with Crippen molar-refractivity contribution in [3.63, 3.8) is 0 Å². The van der Waals surface area contributed by atoms with Crippen molar-refractivity contribution in [2.75, 3.05) is 24.6 Å². The lowest BCUT2D eigenvalue weighted by Gasteiger charge is -2.35. The normalized spacial score (nSPS) is 18.7. The third-order valence-corrected chi connectivity index (χ3v) is 4.26. The van der Waals surface area contributed by atoms with E-state index in [1.807, 2.05) is 40.9 Å². The number of hydrogen-bond donors (Lipinski definition) is 1. The van der Waals surface area contributed by atoms with Gasteiger partial charge in [0.2, 0.25) is 0 Å². The van der Waals surface area contributed by atoms with Crippen LogP contribution in [-0.4, -0.2) is 35.5 Å². The van der Waals surface area contributed by atoms with Crippen molar-refractivity contribution in [2.24, 2.45) is 0 Å². The lowest BCUT2D eigenvalue weighted by Crippen LogP contribution is -2.46. The van der Waals surface area contributed by atoms with Gasteiger partial charge in [0.25, 0.3) is 0 Å². The topological polar surface area (TPSA) is 32.3 Å². The van der Waals surface area contributed by atoms with Gasteiger partial charge in [-0.2, -0.15) is 11.8 Å². The zero-order valence-corrected chi connectivity index (χ0v) is 12.0. The zero-order valence-electron chi connectivity index (χ0n) is 10.4. The minimum atomic E-state index is -0.0989. The van der Waals surface area contributed by atoms with Crippen LogP contribution in [0.5, 0.6) is 0 Å². The molecule has 0 radical (unpaired) electrons. The van der Waals surface area contributed by atoms with E-state index in [0.717, 1.165) is 23.6 Å². The molecule has 0 spiro atoms. The van der Waals surface area contributed by atoms with Gasteiger partial charge in [0.15, 0.2) is 0 Å². The summed E-state index contributed by atoms with van der Waals surface area (Å²) in [5.41, 5.74) is 1.10. The first-order valence-corrected chi connectivity index (χ1v) is 7.57. The van der Waals surface area contributed by atoms with Crippen LogP contribution >= 0.6 is 23.4 Å². The second kappa shape index (κ2) is 6.74. The average Bonchev–Trinajstić information content (AvgIpc) is 2.45. The number of urea groups is 1. The van der Waals surface area contributed by atoms with Crippen molar-refractivity contribution in [3.05, 3.63) is 34.9 Å². The Morgan fingerprint density at radius 2 is 2.26 bits per heavy atom. The highest BCUT2D eigenvalue weighted by atomic mass is 35.5. The first-order valence-electron chi connectivity index (χ1n) is 6.03.